The van der Waals surface area contributed by atoms with Gasteiger partial charge >= 0.3 is 0 Å². The Bertz CT molecular complexity index is 1190. The molecule has 0 spiro atoms. The average Bonchev–Trinajstić information content (AvgIpc) is 2.76. The highest BCUT2D eigenvalue weighted by atomic mass is 32.2. The Morgan fingerprint density at radius 1 is 0.875 bits per heavy atom. The van der Waals surface area contributed by atoms with Gasteiger partial charge in [-0.15, -0.1) is 0 Å². The van der Waals surface area contributed by atoms with Gasteiger partial charge in [-0.3, -0.25) is 9.52 Å². The fourth-order valence-electron chi connectivity index (χ4n) is 3.16. The molecule has 0 aliphatic rings. The van der Waals surface area contributed by atoms with Crippen molar-refractivity contribution < 1.29 is 17.9 Å². The number of aryl methyl sites for hydroxylation is 1. The Morgan fingerprint density at radius 3 is 2.16 bits per heavy atom. The molecule has 32 heavy (non-hydrogen) atoms. The second kappa shape index (κ2) is 9.87. The first kappa shape index (κ1) is 23.3. The second-order valence-electron chi connectivity index (χ2n) is 7.89. The van der Waals surface area contributed by atoms with Crippen LogP contribution in [0.4, 0.5) is 11.4 Å². The van der Waals surface area contributed by atoms with E-state index in [1.54, 1.807) is 31.2 Å². The van der Waals surface area contributed by atoms with Crippen LogP contribution < -0.4 is 14.8 Å². The van der Waals surface area contributed by atoms with Gasteiger partial charge in [0.1, 0.15) is 5.75 Å². The van der Waals surface area contributed by atoms with E-state index in [9.17, 15) is 13.2 Å². The van der Waals surface area contributed by atoms with Crippen molar-refractivity contribution in [1.29, 1.82) is 0 Å². The SMILES string of the molecule is Cc1ccccc1NS(=O)(=O)c1ccc(NC(=O)[C@@H](C)Oc2ccccc2C(C)C)cc1. The summed E-state index contributed by atoms with van der Waals surface area (Å²) in [6.45, 7) is 7.64. The van der Waals surface area contributed by atoms with Crippen molar-refractivity contribution in [1.82, 2.24) is 0 Å². The van der Waals surface area contributed by atoms with Crippen molar-refractivity contribution in [2.24, 2.45) is 0 Å². The van der Waals surface area contributed by atoms with Gasteiger partial charge in [0.2, 0.25) is 0 Å². The van der Waals surface area contributed by atoms with Crippen molar-refractivity contribution in [3.05, 3.63) is 83.9 Å². The Kier molecular flexibility index (Phi) is 7.20. The number of hydrogen-bond acceptors (Lipinski definition) is 4. The summed E-state index contributed by atoms with van der Waals surface area (Å²) in [7, 11) is -3.74. The molecule has 0 aliphatic carbocycles. The van der Waals surface area contributed by atoms with Gasteiger partial charge in [-0.1, -0.05) is 50.2 Å². The Morgan fingerprint density at radius 2 is 1.50 bits per heavy atom. The fourth-order valence-corrected chi connectivity index (χ4v) is 4.29. The molecule has 1 amide bonds. The first-order valence-electron chi connectivity index (χ1n) is 10.4. The molecule has 0 heterocycles. The van der Waals surface area contributed by atoms with Gasteiger partial charge < -0.3 is 10.1 Å². The van der Waals surface area contributed by atoms with Gasteiger partial charge in [-0.2, -0.15) is 0 Å². The summed E-state index contributed by atoms with van der Waals surface area (Å²) in [4.78, 5) is 12.7. The van der Waals surface area contributed by atoms with Gasteiger partial charge in [0.25, 0.3) is 15.9 Å². The maximum Gasteiger partial charge on any atom is 0.265 e. The van der Waals surface area contributed by atoms with Gasteiger partial charge in [0.15, 0.2) is 6.10 Å². The zero-order chi connectivity index (χ0) is 23.3. The number of benzene rings is 3. The van der Waals surface area contributed by atoms with Crippen LogP contribution in [-0.2, 0) is 14.8 Å². The van der Waals surface area contributed by atoms with Crippen molar-refractivity contribution >= 4 is 27.3 Å². The molecule has 3 aromatic rings. The molecular weight excluding hydrogens is 424 g/mol. The number of carbonyl (C=O) groups is 1. The second-order valence-corrected chi connectivity index (χ2v) is 9.57. The zero-order valence-electron chi connectivity index (χ0n) is 18.6. The van der Waals surface area contributed by atoms with Crippen LogP contribution in [-0.4, -0.2) is 20.4 Å². The topological polar surface area (TPSA) is 84.5 Å². The molecule has 2 N–H and O–H groups in total. The minimum atomic E-state index is -3.74. The third-order valence-corrected chi connectivity index (χ3v) is 6.42. The van der Waals surface area contributed by atoms with Crippen LogP contribution in [0.2, 0.25) is 0 Å². The maximum absolute atomic E-state index is 12.7. The molecule has 0 fully saturated rings. The lowest BCUT2D eigenvalue weighted by atomic mass is 10.0. The van der Waals surface area contributed by atoms with Crippen LogP contribution in [0, 0.1) is 6.92 Å². The van der Waals surface area contributed by atoms with Gasteiger partial charge in [-0.05, 0) is 67.3 Å². The fraction of sp³-hybridized carbons (Fsp3) is 0.240. The summed E-state index contributed by atoms with van der Waals surface area (Å²) in [5.74, 6) is 0.621. The lowest BCUT2D eigenvalue weighted by Crippen LogP contribution is -2.30. The number of amides is 1. The molecule has 6 nitrogen and oxygen atoms in total. The summed E-state index contributed by atoms with van der Waals surface area (Å²) in [5, 5.41) is 2.77. The molecule has 3 rings (SSSR count). The normalized spacial score (nSPS) is 12.3. The van der Waals surface area contributed by atoms with Gasteiger partial charge in [0.05, 0.1) is 10.6 Å². The highest BCUT2D eigenvalue weighted by molar-refractivity contribution is 7.92. The predicted octanol–water partition coefficient (Wildman–Crippen LogP) is 5.33. The summed E-state index contributed by atoms with van der Waals surface area (Å²) in [6.07, 6.45) is -0.721. The molecule has 0 saturated heterocycles. The molecule has 0 aliphatic heterocycles. The molecule has 0 unspecified atom stereocenters. The monoisotopic (exact) mass is 452 g/mol. The molecule has 1 atom stereocenters. The first-order valence-corrected chi connectivity index (χ1v) is 11.9. The summed E-state index contributed by atoms with van der Waals surface area (Å²) in [5.41, 5.74) is 2.87. The number of rotatable bonds is 8. The number of nitrogens with one attached hydrogen (secondary N) is 2. The lowest BCUT2D eigenvalue weighted by Gasteiger charge is -2.18. The maximum atomic E-state index is 12.7. The lowest BCUT2D eigenvalue weighted by molar-refractivity contribution is -0.122. The van der Waals surface area contributed by atoms with Gasteiger partial charge in [-0.25, -0.2) is 8.42 Å². The van der Waals surface area contributed by atoms with Crippen LogP contribution in [0.1, 0.15) is 37.8 Å². The van der Waals surface area contributed by atoms with Crippen molar-refractivity contribution in [2.45, 2.75) is 44.6 Å². The minimum absolute atomic E-state index is 0.105. The van der Waals surface area contributed by atoms with E-state index in [1.807, 2.05) is 43.3 Å². The van der Waals surface area contributed by atoms with Crippen molar-refractivity contribution in [2.75, 3.05) is 10.0 Å². The van der Waals surface area contributed by atoms with E-state index in [0.717, 1.165) is 11.1 Å². The van der Waals surface area contributed by atoms with Crippen LogP contribution in [0.15, 0.2) is 77.7 Å². The number of anilines is 2. The Labute approximate surface area is 189 Å². The van der Waals surface area contributed by atoms with E-state index in [1.165, 1.54) is 12.1 Å². The van der Waals surface area contributed by atoms with Crippen LogP contribution in [0.25, 0.3) is 0 Å². The number of sulfonamides is 1. The largest absolute Gasteiger partial charge is 0.481 e. The van der Waals surface area contributed by atoms with Crippen LogP contribution in [0.5, 0.6) is 5.75 Å². The van der Waals surface area contributed by atoms with E-state index in [4.69, 9.17) is 4.74 Å². The number of para-hydroxylation sites is 2. The predicted molar refractivity (Wildman–Crippen MR) is 128 cm³/mol. The zero-order valence-corrected chi connectivity index (χ0v) is 19.4. The molecule has 0 bridgehead atoms. The minimum Gasteiger partial charge on any atom is -0.481 e. The summed E-state index contributed by atoms with van der Waals surface area (Å²) in [6, 6.07) is 20.8. The van der Waals surface area contributed by atoms with E-state index >= 15 is 0 Å². The van der Waals surface area contributed by atoms with Crippen LogP contribution >= 0.6 is 0 Å². The molecule has 0 saturated carbocycles. The summed E-state index contributed by atoms with van der Waals surface area (Å²) < 4.78 is 33.8. The van der Waals surface area contributed by atoms with Gasteiger partial charge in [0, 0.05) is 5.69 Å². The standard InChI is InChI=1S/C25H28N2O4S/c1-17(2)22-10-6-8-12-24(22)31-19(4)25(28)26-20-13-15-21(16-14-20)32(29,30)27-23-11-7-5-9-18(23)3/h5-17,19,27H,1-4H3,(H,26,28)/t19-/m1/s1. The summed E-state index contributed by atoms with van der Waals surface area (Å²) >= 11 is 0. The molecule has 3 aromatic carbocycles. The quantitative estimate of drug-likeness (QED) is 0.484. The molecule has 168 valence electrons. The highest BCUT2D eigenvalue weighted by Crippen LogP contribution is 2.27. The average molecular weight is 453 g/mol. The Hall–Kier alpha value is -3.32. The smallest absolute Gasteiger partial charge is 0.265 e. The van der Waals surface area contributed by atoms with Crippen molar-refractivity contribution in [3.63, 3.8) is 0 Å². The molecule has 0 radical (unpaired) electrons. The molecular formula is C25H28N2O4S. The van der Waals surface area contributed by atoms with E-state index in [-0.39, 0.29) is 16.7 Å². The number of hydrogen-bond donors (Lipinski definition) is 2. The Balaban J connectivity index is 1.66. The third kappa shape index (κ3) is 5.68. The molecule has 7 heteroatoms. The van der Waals surface area contributed by atoms with E-state index in [0.29, 0.717) is 17.1 Å². The molecule has 0 aromatic heterocycles. The van der Waals surface area contributed by atoms with Crippen molar-refractivity contribution in [3.8, 4) is 5.75 Å². The van der Waals surface area contributed by atoms with Crippen LogP contribution in [0.3, 0.4) is 0 Å². The van der Waals surface area contributed by atoms with E-state index < -0.39 is 16.1 Å². The van der Waals surface area contributed by atoms with E-state index in [2.05, 4.69) is 23.9 Å². The first-order chi connectivity index (χ1) is 15.2. The number of carbonyl (C=O) groups excluding carboxylic acids is 1. The number of ether oxygens (including phenoxy) is 1. The third-order valence-electron chi connectivity index (χ3n) is 5.04. The highest BCUT2D eigenvalue weighted by Gasteiger charge is 2.19.